The van der Waals surface area contributed by atoms with E-state index in [2.05, 4.69) is 47.9 Å². The van der Waals surface area contributed by atoms with E-state index in [9.17, 15) is 0 Å². The minimum absolute atomic E-state index is 0.836. The standard InChI is InChI=1S/C18H18ClN/c1-2-7-16-12-14-8-4-6-11-18(14)20(16)13-15-9-3-5-10-17(15)19/h3-6,8-12H,2,7,13H2,1H3. The van der Waals surface area contributed by atoms with Gasteiger partial charge in [0.25, 0.3) is 0 Å². The van der Waals surface area contributed by atoms with Gasteiger partial charge in [0.1, 0.15) is 0 Å². The Bertz CT molecular complexity index is 727. The largest absolute Gasteiger partial charge is 0.340 e. The van der Waals surface area contributed by atoms with Crippen molar-refractivity contribution in [3.8, 4) is 0 Å². The van der Waals surface area contributed by atoms with E-state index in [4.69, 9.17) is 11.6 Å². The lowest BCUT2D eigenvalue weighted by Gasteiger charge is -2.11. The molecule has 2 heteroatoms. The molecule has 3 rings (SSSR count). The molecule has 0 spiro atoms. The van der Waals surface area contributed by atoms with Crippen molar-refractivity contribution in [3.05, 3.63) is 70.9 Å². The number of halogens is 1. The Kier molecular flexibility index (Phi) is 3.79. The van der Waals surface area contributed by atoms with Crippen molar-refractivity contribution < 1.29 is 0 Å². The van der Waals surface area contributed by atoms with Gasteiger partial charge < -0.3 is 4.57 Å². The van der Waals surface area contributed by atoms with Crippen molar-refractivity contribution in [2.75, 3.05) is 0 Å². The van der Waals surface area contributed by atoms with Crippen LogP contribution >= 0.6 is 11.6 Å². The Balaban J connectivity index is 2.09. The van der Waals surface area contributed by atoms with Crippen molar-refractivity contribution >= 4 is 22.5 Å². The van der Waals surface area contributed by atoms with Crippen LogP contribution in [-0.2, 0) is 13.0 Å². The summed E-state index contributed by atoms with van der Waals surface area (Å²) >= 11 is 6.31. The molecule has 0 saturated carbocycles. The highest BCUT2D eigenvalue weighted by atomic mass is 35.5. The zero-order valence-corrected chi connectivity index (χ0v) is 12.4. The van der Waals surface area contributed by atoms with Gasteiger partial charge in [-0.1, -0.05) is 61.3 Å². The summed E-state index contributed by atoms with van der Waals surface area (Å²) in [7, 11) is 0. The van der Waals surface area contributed by atoms with E-state index in [1.165, 1.54) is 22.2 Å². The summed E-state index contributed by atoms with van der Waals surface area (Å²) in [5, 5.41) is 2.15. The van der Waals surface area contributed by atoms with Crippen molar-refractivity contribution in [2.45, 2.75) is 26.3 Å². The number of rotatable bonds is 4. The van der Waals surface area contributed by atoms with Crippen LogP contribution in [0.4, 0.5) is 0 Å². The average molecular weight is 284 g/mol. The van der Waals surface area contributed by atoms with Crippen LogP contribution in [0.2, 0.25) is 5.02 Å². The molecule has 0 fully saturated rings. The number of para-hydroxylation sites is 1. The second kappa shape index (κ2) is 5.72. The molecule has 0 atom stereocenters. The van der Waals surface area contributed by atoms with Crippen molar-refractivity contribution in [3.63, 3.8) is 0 Å². The maximum atomic E-state index is 6.31. The fraction of sp³-hybridized carbons (Fsp3) is 0.222. The van der Waals surface area contributed by atoms with Gasteiger partial charge >= 0.3 is 0 Å². The number of hydrogen-bond donors (Lipinski definition) is 0. The molecule has 0 unspecified atom stereocenters. The van der Waals surface area contributed by atoms with E-state index < -0.39 is 0 Å². The molecule has 0 aliphatic carbocycles. The van der Waals surface area contributed by atoms with E-state index in [-0.39, 0.29) is 0 Å². The Morgan fingerprint density at radius 2 is 1.75 bits per heavy atom. The van der Waals surface area contributed by atoms with Crippen LogP contribution in [0.25, 0.3) is 10.9 Å². The Hall–Kier alpha value is -1.73. The molecule has 1 aromatic heterocycles. The second-order valence-electron chi connectivity index (χ2n) is 5.12. The number of aromatic nitrogens is 1. The first-order chi connectivity index (χ1) is 9.79. The summed E-state index contributed by atoms with van der Waals surface area (Å²) in [4.78, 5) is 0. The third-order valence-electron chi connectivity index (χ3n) is 3.69. The lowest BCUT2D eigenvalue weighted by molar-refractivity contribution is 0.746. The Morgan fingerprint density at radius 3 is 2.55 bits per heavy atom. The van der Waals surface area contributed by atoms with Crippen LogP contribution in [0.1, 0.15) is 24.6 Å². The predicted molar refractivity (Wildman–Crippen MR) is 86.5 cm³/mol. The van der Waals surface area contributed by atoms with Gasteiger partial charge in [0.2, 0.25) is 0 Å². The van der Waals surface area contributed by atoms with Crippen LogP contribution in [0.3, 0.4) is 0 Å². The van der Waals surface area contributed by atoms with Gasteiger partial charge in [-0.2, -0.15) is 0 Å². The summed E-state index contributed by atoms with van der Waals surface area (Å²) in [6.45, 7) is 3.06. The van der Waals surface area contributed by atoms with Crippen molar-refractivity contribution in [1.29, 1.82) is 0 Å². The molecule has 102 valence electrons. The molecule has 0 bridgehead atoms. The number of hydrogen-bond acceptors (Lipinski definition) is 0. The molecule has 1 heterocycles. The minimum atomic E-state index is 0.836. The minimum Gasteiger partial charge on any atom is -0.340 e. The monoisotopic (exact) mass is 283 g/mol. The summed E-state index contributed by atoms with van der Waals surface area (Å²) in [6, 6.07) is 18.9. The van der Waals surface area contributed by atoms with Crippen LogP contribution in [0.5, 0.6) is 0 Å². The molecule has 0 aliphatic heterocycles. The molecule has 20 heavy (non-hydrogen) atoms. The van der Waals surface area contributed by atoms with Crippen LogP contribution in [0.15, 0.2) is 54.6 Å². The molecule has 0 amide bonds. The second-order valence-corrected chi connectivity index (χ2v) is 5.53. The van der Waals surface area contributed by atoms with Crippen LogP contribution < -0.4 is 0 Å². The number of benzene rings is 2. The summed E-state index contributed by atoms with van der Waals surface area (Å²) in [5.41, 5.74) is 3.84. The maximum absolute atomic E-state index is 6.31. The van der Waals surface area contributed by atoms with Gasteiger partial charge in [-0.05, 0) is 35.6 Å². The zero-order valence-electron chi connectivity index (χ0n) is 11.6. The van der Waals surface area contributed by atoms with Gasteiger partial charge in [-0.15, -0.1) is 0 Å². The van der Waals surface area contributed by atoms with Gasteiger partial charge in [0.05, 0.1) is 0 Å². The molecule has 0 radical (unpaired) electrons. The molecule has 3 aromatic rings. The average Bonchev–Trinajstić information content (AvgIpc) is 2.80. The first-order valence-electron chi connectivity index (χ1n) is 7.10. The highest BCUT2D eigenvalue weighted by Gasteiger charge is 2.09. The van der Waals surface area contributed by atoms with E-state index in [0.717, 1.165) is 24.4 Å². The zero-order chi connectivity index (χ0) is 13.9. The van der Waals surface area contributed by atoms with E-state index >= 15 is 0 Å². The number of aryl methyl sites for hydroxylation is 1. The van der Waals surface area contributed by atoms with E-state index in [0.29, 0.717) is 0 Å². The first-order valence-corrected chi connectivity index (χ1v) is 7.48. The van der Waals surface area contributed by atoms with Crippen LogP contribution in [-0.4, -0.2) is 4.57 Å². The Morgan fingerprint density at radius 1 is 1.00 bits per heavy atom. The van der Waals surface area contributed by atoms with Gasteiger partial charge in [0.15, 0.2) is 0 Å². The first kappa shape index (κ1) is 13.3. The third-order valence-corrected chi connectivity index (χ3v) is 4.06. The lowest BCUT2D eigenvalue weighted by Crippen LogP contribution is -2.04. The van der Waals surface area contributed by atoms with E-state index in [1.54, 1.807) is 0 Å². The normalized spacial score (nSPS) is 11.1. The van der Waals surface area contributed by atoms with Crippen molar-refractivity contribution in [2.24, 2.45) is 0 Å². The smallest absolute Gasteiger partial charge is 0.0493 e. The predicted octanol–water partition coefficient (Wildman–Crippen LogP) is 5.30. The summed E-state index contributed by atoms with van der Waals surface area (Å²) in [6.07, 6.45) is 2.25. The molecule has 2 aromatic carbocycles. The Labute approximate surface area is 124 Å². The SMILES string of the molecule is CCCc1cc2ccccc2n1Cc1ccccc1Cl. The highest BCUT2D eigenvalue weighted by molar-refractivity contribution is 6.31. The fourth-order valence-electron chi connectivity index (χ4n) is 2.71. The topological polar surface area (TPSA) is 4.93 Å². The molecular formula is C18H18ClN. The van der Waals surface area contributed by atoms with Gasteiger partial charge in [-0.3, -0.25) is 0 Å². The van der Waals surface area contributed by atoms with Crippen LogP contribution in [0, 0.1) is 0 Å². The molecular weight excluding hydrogens is 266 g/mol. The van der Waals surface area contributed by atoms with Gasteiger partial charge in [0, 0.05) is 22.8 Å². The van der Waals surface area contributed by atoms with Crippen molar-refractivity contribution in [1.82, 2.24) is 4.57 Å². The fourth-order valence-corrected chi connectivity index (χ4v) is 2.91. The maximum Gasteiger partial charge on any atom is 0.0493 e. The molecule has 0 N–H and O–H groups in total. The molecule has 0 aliphatic rings. The summed E-state index contributed by atoms with van der Waals surface area (Å²) in [5.74, 6) is 0. The highest BCUT2D eigenvalue weighted by Crippen LogP contribution is 2.24. The lowest BCUT2D eigenvalue weighted by atomic mass is 10.2. The quantitative estimate of drug-likeness (QED) is 0.613. The molecule has 1 nitrogen and oxygen atoms in total. The molecule has 0 saturated heterocycles. The van der Waals surface area contributed by atoms with Gasteiger partial charge in [-0.25, -0.2) is 0 Å². The van der Waals surface area contributed by atoms with E-state index in [1.807, 2.05) is 18.2 Å². The number of nitrogens with zero attached hydrogens (tertiary/aromatic N) is 1. The summed E-state index contributed by atoms with van der Waals surface area (Å²) < 4.78 is 2.39. The number of fused-ring (bicyclic) bond motifs is 1. The third kappa shape index (κ3) is 2.46.